The number of hydrogen-bond donors (Lipinski definition) is 0. The maximum absolute atomic E-state index is 6.21. The molecule has 0 amide bonds. The molecule has 0 saturated carbocycles. The van der Waals surface area contributed by atoms with Gasteiger partial charge in [-0.05, 0) is 24.5 Å². The van der Waals surface area contributed by atoms with Crippen molar-refractivity contribution >= 4 is 0 Å². The number of ether oxygens (including phenoxy) is 2. The molecular formula is C23H34NO2+. The highest BCUT2D eigenvalue weighted by molar-refractivity contribution is 5.20. The molecule has 1 unspecified atom stereocenters. The highest BCUT2D eigenvalue weighted by atomic mass is 16.5. The molecule has 0 saturated heterocycles. The molecule has 0 aliphatic heterocycles. The molecule has 0 fully saturated rings. The van der Waals surface area contributed by atoms with Gasteiger partial charge in [0.15, 0.2) is 0 Å². The number of benzene rings is 2. The Balaban J connectivity index is 1.80. The van der Waals surface area contributed by atoms with E-state index in [1.54, 1.807) is 0 Å². The van der Waals surface area contributed by atoms with Crippen LogP contribution in [0.5, 0.6) is 5.75 Å². The van der Waals surface area contributed by atoms with Crippen LogP contribution in [-0.4, -0.2) is 44.4 Å². The second kappa shape index (κ2) is 10.3. The molecule has 3 heteroatoms. The molecule has 3 nitrogen and oxygen atoms in total. The first kappa shape index (κ1) is 20.5. The maximum atomic E-state index is 6.21. The topological polar surface area (TPSA) is 18.5 Å². The first-order valence-corrected chi connectivity index (χ1v) is 9.60. The summed E-state index contributed by atoms with van der Waals surface area (Å²) in [6, 6.07) is 20.6. The summed E-state index contributed by atoms with van der Waals surface area (Å²) in [6.07, 6.45) is 1.14. The van der Waals surface area contributed by atoms with Crippen molar-refractivity contribution in [1.82, 2.24) is 0 Å². The third-order valence-electron chi connectivity index (χ3n) is 4.42. The van der Waals surface area contributed by atoms with Crippen molar-refractivity contribution in [2.45, 2.75) is 32.9 Å². The van der Waals surface area contributed by atoms with Gasteiger partial charge in [0.1, 0.15) is 25.4 Å². The Kier molecular flexibility index (Phi) is 8.14. The maximum Gasteiger partial charge on any atom is 0.119 e. The van der Waals surface area contributed by atoms with E-state index >= 15 is 0 Å². The van der Waals surface area contributed by atoms with Crippen LogP contribution >= 0.6 is 0 Å². The van der Waals surface area contributed by atoms with Crippen molar-refractivity contribution in [3.8, 4) is 5.75 Å². The molecule has 142 valence electrons. The molecule has 0 radical (unpaired) electrons. The minimum Gasteiger partial charge on any atom is -0.491 e. The molecule has 0 spiro atoms. The lowest BCUT2D eigenvalue weighted by molar-refractivity contribution is -0.904. The summed E-state index contributed by atoms with van der Waals surface area (Å²) in [6.45, 7) is 7.81. The summed E-state index contributed by atoms with van der Waals surface area (Å²) in [5, 5.41) is 0. The lowest BCUT2D eigenvalue weighted by Crippen LogP contribution is -2.42. The molecule has 26 heavy (non-hydrogen) atoms. The van der Waals surface area contributed by atoms with E-state index in [9.17, 15) is 0 Å². The second-order valence-electron chi connectivity index (χ2n) is 8.05. The monoisotopic (exact) mass is 356 g/mol. The number of hydrogen-bond acceptors (Lipinski definition) is 2. The average Bonchev–Trinajstić information content (AvgIpc) is 2.60. The second-order valence-corrected chi connectivity index (χ2v) is 8.05. The van der Waals surface area contributed by atoms with Crippen molar-refractivity contribution in [3.05, 3.63) is 66.2 Å². The van der Waals surface area contributed by atoms with Crippen LogP contribution in [0.1, 0.15) is 25.8 Å². The zero-order chi connectivity index (χ0) is 18.8. The van der Waals surface area contributed by atoms with Gasteiger partial charge in [0, 0.05) is 5.56 Å². The SMILES string of the molecule is CC(C)CC(COc1ccccc1)OCC[N+](C)(C)Cc1ccccc1. The van der Waals surface area contributed by atoms with Crippen molar-refractivity contribution in [3.63, 3.8) is 0 Å². The largest absolute Gasteiger partial charge is 0.491 e. The van der Waals surface area contributed by atoms with E-state index in [1.807, 2.05) is 30.3 Å². The Morgan fingerprint density at radius 1 is 0.885 bits per heavy atom. The summed E-state index contributed by atoms with van der Waals surface area (Å²) in [5.41, 5.74) is 1.36. The van der Waals surface area contributed by atoms with E-state index in [4.69, 9.17) is 9.47 Å². The summed E-state index contributed by atoms with van der Waals surface area (Å²) < 4.78 is 13.0. The molecule has 0 aromatic heterocycles. The standard InChI is InChI=1S/C23H34NO2/c1-20(2)17-23(19-26-22-13-9-6-10-14-22)25-16-15-24(3,4)18-21-11-7-5-8-12-21/h5-14,20,23H,15-19H2,1-4H3/q+1. The Hall–Kier alpha value is -1.84. The van der Waals surface area contributed by atoms with Gasteiger partial charge >= 0.3 is 0 Å². The van der Waals surface area contributed by atoms with Crippen LogP contribution < -0.4 is 4.74 Å². The molecular weight excluding hydrogens is 322 g/mol. The quantitative estimate of drug-likeness (QED) is 0.540. The number of quaternary nitrogens is 1. The fourth-order valence-electron chi connectivity index (χ4n) is 3.04. The summed E-state index contributed by atoms with van der Waals surface area (Å²) >= 11 is 0. The van der Waals surface area contributed by atoms with Crippen molar-refractivity contribution < 1.29 is 14.0 Å². The predicted molar refractivity (Wildman–Crippen MR) is 108 cm³/mol. The van der Waals surface area contributed by atoms with Crippen molar-refractivity contribution in [1.29, 1.82) is 0 Å². The van der Waals surface area contributed by atoms with Crippen LogP contribution in [0.15, 0.2) is 60.7 Å². The van der Waals surface area contributed by atoms with Gasteiger partial charge in [-0.25, -0.2) is 0 Å². The molecule has 2 aromatic rings. The van der Waals surface area contributed by atoms with E-state index in [-0.39, 0.29) is 6.10 Å². The molecule has 2 rings (SSSR count). The highest BCUT2D eigenvalue weighted by Crippen LogP contribution is 2.14. The Morgan fingerprint density at radius 2 is 1.50 bits per heavy atom. The van der Waals surface area contributed by atoms with E-state index < -0.39 is 0 Å². The van der Waals surface area contributed by atoms with E-state index in [0.717, 1.165) is 36.3 Å². The molecule has 0 aliphatic rings. The minimum atomic E-state index is 0.131. The van der Waals surface area contributed by atoms with Gasteiger partial charge in [-0.1, -0.05) is 62.4 Å². The molecule has 0 heterocycles. The first-order valence-electron chi connectivity index (χ1n) is 9.60. The van der Waals surface area contributed by atoms with Crippen LogP contribution in [0.4, 0.5) is 0 Å². The normalized spacial score (nSPS) is 13.0. The molecule has 1 atom stereocenters. The smallest absolute Gasteiger partial charge is 0.119 e. The highest BCUT2D eigenvalue weighted by Gasteiger charge is 2.18. The molecule has 2 aromatic carbocycles. The zero-order valence-corrected chi connectivity index (χ0v) is 16.7. The van der Waals surface area contributed by atoms with Crippen molar-refractivity contribution in [2.75, 3.05) is 33.9 Å². The summed E-state index contributed by atoms with van der Waals surface area (Å²) in [4.78, 5) is 0. The third kappa shape index (κ3) is 8.03. The number of rotatable bonds is 11. The van der Waals surface area contributed by atoms with E-state index in [2.05, 4.69) is 58.3 Å². The Morgan fingerprint density at radius 3 is 2.12 bits per heavy atom. The summed E-state index contributed by atoms with van der Waals surface area (Å²) in [7, 11) is 4.52. The fraction of sp³-hybridized carbons (Fsp3) is 0.478. The minimum absolute atomic E-state index is 0.131. The lowest BCUT2D eigenvalue weighted by Gasteiger charge is -2.31. The van der Waals surface area contributed by atoms with Gasteiger partial charge in [-0.15, -0.1) is 0 Å². The van der Waals surface area contributed by atoms with Crippen LogP contribution in [0.2, 0.25) is 0 Å². The number of nitrogens with zero attached hydrogens (tertiary/aromatic N) is 1. The molecule has 0 bridgehead atoms. The first-order chi connectivity index (χ1) is 12.4. The molecule has 0 N–H and O–H groups in total. The van der Waals surface area contributed by atoms with Crippen LogP contribution in [0.3, 0.4) is 0 Å². The van der Waals surface area contributed by atoms with Crippen LogP contribution in [0.25, 0.3) is 0 Å². The predicted octanol–water partition coefficient (Wildman–Crippen LogP) is 4.77. The van der Waals surface area contributed by atoms with Gasteiger partial charge in [0.05, 0.1) is 26.8 Å². The van der Waals surface area contributed by atoms with Gasteiger partial charge in [-0.3, -0.25) is 0 Å². The summed E-state index contributed by atoms with van der Waals surface area (Å²) in [5.74, 6) is 1.50. The fourth-order valence-corrected chi connectivity index (χ4v) is 3.04. The number of para-hydroxylation sites is 1. The Bertz CT molecular complexity index is 611. The number of likely N-dealkylation sites (N-methyl/N-ethyl adjacent to an activating group) is 1. The van der Waals surface area contributed by atoms with Crippen LogP contribution in [0, 0.1) is 5.92 Å². The van der Waals surface area contributed by atoms with Crippen LogP contribution in [-0.2, 0) is 11.3 Å². The Labute approximate surface area is 159 Å². The molecule has 0 aliphatic carbocycles. The van der Waals surface area contributed by atoms with Gasteiger partial charge in [0.25, 0.3) is 0 Å². The van der Waals surface area contributed by atoms with Crippen molar-refractivity contribution in [2.24, 2.45) is 5.92 Å². The van der Waals surface area contributed by atoms with E-state index in [1.165, 1.54) is 5.56 Å². The third-order valence-corrected chi connectivity index (χ3v) is 4.42. The zero-order valence-electron chi connectivity index (χ0n) is 16.7. The average molecular weight is 357 g/mol. The van der Waals surface area contributed by atoms with Gasteiger partial charge in [0.2, 0.25) is 0 Å². The van der Waals surface area contributed by atoms with E-state index in [0.29, 0.717) is 12.5 Å². The van der Waals surface area contributed by atoms with Gasteiger partial charge in [-0.2, -0.15) is 0 Å². The lowest BCUT2D eigenvalue weighted by atomic mass is 10.1. The van der Waals surface area contributed by atoms with Gasteiger partial charge < -0.3 is 14.0 Å².